The van der Waals surface area contributed by atoms with Gasteiger partial charge in [0.15, 0.2) is 0 Å². The minimum absolute atomic E-state index is 0.154. The Morgan fingerprint density at radius 3 is 2.20 bits per heavy atom. The molecule has 0 bridgehead atoms. The van der Waals surface area contributed by atoms with E-state index in [9.17, 15) is 4.39 Å². The maximum absolute atomic E-state index is 12.9. The standard InChI is InChI=1S/C13H17FS/c1-12(2)9-13(12,7-8-15)10-3-5-11(14)6-4-10/h3-6,15H,7-9H2,1-2H3. The van der Waals surface area contributed by atoms with Gasteiger partial charge in [0, 0.05) is 5.41 Å². The number of benzene rings is 1. The number of thiol groups is 1. The summed E-state index contributed by atoms with van der Waals surface area (Å²) in [7, 11) is 0. The third-order valence-corrected chi connectivity index (χ3v) is 4.07. The van der Waals surface area contributed by atoms with Crippen molar-refractivity contribution in [3.63, 3.8) is 0 Å². The fourth-order valence-corrected chi connectivity index (χ4v) is 3.12. The Labute approximate surface area is 96.3 Å². The summed E-state index contributed by atoms with van der Waals surface area (Å²) < 4.78 is 12.9. The molecule has 0 aliphatic heterocycles. The number of rotatable bonds is 3. The van der Waals surface area contributed by atoms with Gasteiger partial charge in [0.05, 0.1) is 0 Å². The predicted octanol–water partition coefficient (Wildman–Crippen LogP) is 3.81. The van der Waals surface area contributed by atoms with E-state index in [1.54, 1.807) is 12.1 Å². The minimum Gasteiger partial charge on any atom is -0.207 e. The van der Waals surface area contributed by atoms with E-state index in [2.05, 4.69) is 26.5 Å². The molecule has 1 aliphatic rings. The molecule has 1 fully saturated rings. The lowest BCUT2D eigenvalue weighted by molar-refractivity contribution is 0.485. The molecular weight excluding hydrogens is 207 g/mol. The van der Waals surface area contributed by atoms with Gasteiger partial charge in [-0.25, -0.2) is 4.39 Å². The molecule has 0 heterocycles. The molecule has 0 saturated heterocycles. The van der Waals surface area contributed by atoms with Crippen molar-refractivity contribution >= 4 is 12.6 Å². The average Bonchev–Trinajstić information content (AvgIpc) is 2.71. The van der Waals surface area contributed by atoms with Gasteiger partial charge >= 0.3 is 0 Å². The first kappa shape index (κ1) is 11.0. The first-order valence-corrected chi connectivity index (χ1v) is 6.02. The molecule has 1 aromatic rings. The van der Waals surface area contributed by atoms with Crippen LogP contribution in [0.25, 0.3) is 0 Å². The van der Waals surface area contributed by atoms with E-state index >= 15 is 0 Å². The highest BCUT2D eigenvalue weighted by atomic mass is 32.1. The first-order valence-electron chi connectivity index (χ1n) is 5.39. The lowest BCUT2D eigenvalue weighted by Gasteiger charge is -2.20. The van der Waals surface area contributed by atoms with Crippen molar-refractivity contribution in [3.05, 3.63) is 35.6 Å². The van der Waals surface area contributed by atoms with Crippen molar-refractivity contribution in [1.82, 2.24) is 0 Å². The molecule has 2 rings (SSSR count). The summed E-state index contributed by atoms with van der Waals surface area (Å²) in [6.07, 6.45) is 2.26. The second-order valence-corrected chi connectivity index (χ2v) is 5.57. The Morgan fingerprint density at radius 1 is 1.27 bits per heavy atom. The molecule has 1 aliphatic carbocycles. The van der Waals surface area contributed by atoms with E-state index in [1.165, 1.54) is 12.0 Å². The van der Waals surface area contributed by atoms with Crippen molar-refractivity contribution in [3.8, 4) is 0 Å². The summed E-state index contributed by atoms with van der Waals surface area (Å²) in [5.41, 5.74) is 1.85. The van der Waals surface area contributed by atoms with E-state index in [-0.39, 0.29) is 11.2 Å². The summed E-state index contributed by atoms with van der Waals surface area (Å²) in [4.78, 5) is 0. The number of hydrogen-bond donors (Lipinski definition) is 1. The molecule has 1 atom stereocenters. The topological polar surface area (TPSA) is 0 Å². The fraction of sp³-hybridized carbons (Fsp3) is 0.538. The Morgan fingerprint density at radius 2 is 1.80 bits per heavy atom. The van der Waals surface area contributed by atoms with Crippen molar-refractivity contribution in [1.29, 1.82) is 0 Å². The van der Waals surface area contributed by atoms with E-state index in [0.29, 0.717) is 5.41 Å². The number of hydrogen-bond acceptors (Lipinski definition) is 1. The summed E-state index contributed by atoms with van der Waals surface area (Å²) in [5, 5.41) is 0. The highest BCUT2D eigenvalue weighted by molar-refractivity contribution is 7.80. The van der Waals surface area contributed by atoms with Gasteiger partial charge in [-0.15, -0.1) is 0 Å². The second-order valence-electron chi connectivity index (χ2n) is 5.12. The van der Waals surface area contributed by atoms with Crippen LogP contribution in [0.15, 0.2) is 24.3 Å². The monoisotopic (exact) mass is 224 g/mol. The zero-order chi connectivity index (χ0) is 11.1. The van der Waals surface area contributed by atoms with Crippen LogP contribution >= 0.6 is 12.6 Å². The molecule has 82 valence electrons. The van der Waals surface area contributed by atoms with Gasteiger partial charge in [-0.2, -0.15) is 12.6 Å². The highest BCUT2D eigenvalue weighted by Gasteiger charge is 2.60. The Hall–Kier alpha value is -0.500. The third-order valence-electron chi connectivity index (χ3n) is 3.85. The summed E-state index contributed by atoms with van der Waals surface area (Å²) >= 11 is 4.33. The second kappa shape index (κ2) is 3.51. The van der Waals surface area contributed by atoms with Gasteiger partial charge < -0.3 is 0 Å². The largest absolute Gasteiger partial charge is 0.207 e. The third kappa shape index (κ3) is 1.69. The van der Waals surface area contributed by atoms with Gasteiger partial charge in [-0.05, 0) is 41.7 Å². The van der Waals surface area contributed by atoms with Gasteiger partial charge in [-0.3, -0.25) is 0 Å². The van der Waals surface area contributed by atoms with E-state index in [1.807, 2.05) is 12.1 Å². The Balaban J connectivity index is 2.32. The van der Waals surface area contributed by atoms with E-state index in [0.717, 1.165) is 12.2 Å². The zero-order valence-corrected chi connectivity index (χ0v) is 10.2. The molecule has 0 radical (unpaired) electrons. The SMILES string of the molecule is CC1(C)CC1(CCS)c1ccc(F)cc1. The van der Waals surface area contributed by atoms with Crippen molar-refractivity contribution in [2.45, 2.75) is 32.1 Å². The lowest BCUT2D eigenvalue weighted by Crippen LogP contribution is -2.15. The maximum atomic E-state index is 12.9. The van der Waals surface area contributed by atoms with Crippen LogP contribution in [0.1, 0.15) is 32.3 Å². The maximum Gasteiger partial charge on any atom is 0.123 e. The summed E-state index contributed by atoms with van der Waals surface area (Å²) in [5.74, 6) is 0.735. The van der Waals surface area contributed by atoms with Gasteiger partial charge in [0.2, 0.25) is 0 Å². The fourth-order valence-electron chi connectivity index (χ4n) is 2.73. The smallest absolute Gasteiger partial charge is 0.123 e. The van der Waals surface area contributed by atoms with Crippen LogP contribution in [0.3, 0.4) is 0 Å². The van der Waals surface area contributed by atoms with Gasteiger partial charge in [0.25, 0.3) is 0 Å². The first-order chi connectivity index (χ1) is 7.02. The van der Waals surface area contributed by atoms with E-state index < -0.39 is 0 Å². The zero-order valence-electron chi connectivity index (χ0n) is 9.26. The van der Waals surface area contributed by atoms with E-state index in [4.69, 9.17) is 0 Å². The predicted molar refractivity (Wildman–Crippen MR) is 64.9 cm³/mol. The molecule has 0 spiro atoms. The van der Waals surface area contributed by atoms with Gasteiger partial charge in [-0.1, -0.05) is 26.0 Å². The summed E-state index contributed by atoms with van der Waals surface area (Å²) in [6.45, 7) is 4.56. The van der Waals surface area contributed by atoms with Crippen LogP contribution < -0.4 is 0 Å². The Kier molecular flexibility index (Phi) is 2.58. The van der Waals surface area contributed by atoms with Crippen LogP contribution in [0.2, 0.25) is 0 Å². The van der Waals surface area contributed by atoms with Crippen LogP contribution in [-0.2, 0) is 5.41 Å². The number of halogens is 1. The molecular formula is C13H17FS. The molecule has 1 unspecified atom stereocenters. The highest BCUT2D eigenvalue weighted by Crippen LogP contribution is 2.66. The van der Waals surface area contributed by atoms with Crippen molar-refractivity contribution in [2.24, 2.45) is 5.41 Å². The van der Waals surface area contributed by atoms with Crippen molar-refractivity contribution in [2.75, 3.05) is 5.75 Å². The molecule has 0 amide bonds. The van der Waals surface area contributed by atoms with Gasteiger partial charge in [0.1, 0.15) is 5.82 Å². The summed E-state index contributed by atoms with van der Waals surface area (Å²) in [6, 6.07) is 6.97. The average molecular weight is 224 g/mol. The normalized spacial score (nSPS) is 27.7. The van der Waals surface area contributed by atoms with Crippen LogP contribution in [0.5, 0.6) is 0 Å². The van der Waals surface area contributed by atoms with Crippen LogP contribution in [-0.4, -0.2) is 5.75 Å². The molecule has 0 nitrogen and oxygen atoms in total. The molecule has 2 heteroatoms. The molecule has 15 heavy (non-hydrogen) atoms. The lowest BCUT2D eigenvalue weighted by atomic mass is 9.85. The Bertz CT molecular complexity index is 355. The minimum atomic E-state index is -0.154. The van der Waals surface area contributed by atoms with Crippen LogP contribution in [0, 0.1) is 11.2 Å². The molecule has 0 N–H and O–H groups in total. The quantitative estimate of drug-likeness (QED) is 0.741. The molecule has 1 aromatic carbocycles. The van der Waals surface area contributed by atoms with Crippen molar-refractivity contribution < 1.29 is 4.39 Å². The van der Waals surface area contributed by atoms with Crippen LogP contribution in [0.4, 0.5) is 4.39 Å². The molecule has 0 aromatic heterocycles. The molecule has 1 saturated carbocycles.